The lowest BCUT2D eigenvalue weighted by Crippen LogP contribution is -2.40. The molecule has 5 nitrogen and oxygen atoms in total. The highest BCUT2D eigenvalue weighted by Gasteiger charge is 2.67. The van der Waals surface area contributed by atoms with Gasteiger partial charge in [0, 0.05) is 0 Å². The van der Waals surface area contributed by atoms with Crippen molar-refractivity contribution in [3.63, 3.8) is 0 Å². The van der Waals surface area contributed by atoms with Gasteiger partial charge in [-0.3, -0.25) is 14.5 Å². The minimum Gasteiger partial charge on any atom is -0.425 e. The largest absolute Gasteiger partial charge is 0.425 e. The minimum atomic E-state index is -0.570. The molecule has 2 amide bonds. The van der Waals surface area contributed by atoms with Gasteiger partial charge < -0.3 is 4.74 Å². The van der Waals surface area contributed by atoms with Gasteiger partial charge in [-0.1, -0.05) is 18.2 Å². The van der Waals surface area contributed by atoms with Crippen molar-refractivity contribution < 1.29 is 19.1 Å². The fourth-order valence-corrected chi connectivity index (χ4v) is 5.24. The van der Waals surface area contributed by atoms with Gasteiger partial charge in [0.05, 0.1) is 11.8 Å². The fraction of sp³-hybridized carbons (Fsp3) is 0.476. The molecule has 1 aromatic rings. The molecule has 1 aliphatic heterocycles. The Balaban J connectivity index is 1.32. The third-order valence-corrected chi connectivity index (χ3v) is 6.75. The number of hydrogen-bond donors (Lipinski definition) is 0. The van der Waals surface area contributed by atoms with Gasteiger partial charge in [0.25, 0.3) is 0 Å². The summed E-state index contributed by atoms with van der Waals surface area (Å²) in [5.41, 5.74) is 2.14. The average molecular weight is 351 g/mol. The molecule has 2 bridgehead atoms. The lowest BCUT2D eigenvalue weighted by Gasteiger charge is -2.37. The smallest absolute Gasteiger partial charge is 0.331 e. The van der Waals surface area contributed by atoms with E-state index >= 15 is 0 Å². The van der Waals surface area contributed by atoms with E-state index in [4.69, 9.17) is 4.74 Å². The normalized spacial score (nSPS) is 36.2. The molecule has 6 atom stereocenters. The fourth-order valence-electron chi connectivity index (χ4n) is 5.24. The maximum absolute atomic E-state index is 12.9. The van der Waals surface area contributed by atoms with E-state index in [0.717, 1.165) is 22.4 Å². The van der Waals surface area contributed by atoms with Crippen molar-refractivity contribution in [3.8, 4) is 5.75 Å². The van der Waals surface area contributed by atoms with Crippen LogP contribution in [0, 0.1) is 49.4 Å². The molecule has 0 radical (unpaired) electrons. The number of rotatable bonds is 3. The predicted octanol–water partition coefficient (Wildman–Crippen LogP) is 2.26. The summed E-state index contributed by atoms with van der Waals surface area (Å²) in [7, 11) is 0. The van der Waals surface area contributed by atoms with E-state index in [1.807, 2.05) is 19.9 Å². The second-order valence-corrected chi connectivity index (χ2v) is 8.14. The van der Waals surface area contributed by atoms with E-state index in [0.29, 0.717) is 17.6 Å². The van der Waals surface area contributed by atoms with Gasteiger partial charge in [-0.05, 0) is 67.2 Å². The number of imide groups is 1. The first-order chi connectivity index (χ1) is 12.5. The number of hydrogen-bond acceptors (Lipinski definition) is 4. The summed E-state index contributed by atoms with van der Waals surface area (Å²) in [6.07, 6.45) is 5.38. The van der Waals surface area contributed by atoms with Crippen LogP contribution in [0.25, 0.3) is 0 Å². The van der Waals surface area contributed by atoms with Crippen LogP contribution >= 0.6 is 0 Å². The monoisotopic (exact) mass is 351 g/mol. The summed E-state index contributed by atoms with van der Waals surface area (Å²) in [6, 6.07) is 5.40. The number of carbonyl (C=O) groups is 3. The van der Waals surface area contributed by atoms with Crippen LogP contribution in [0.1, 0.15) is 17.5 Å². The summed E-state index contributed by atoms with van der Waals surface area (Å²) in [5, 5.41) is 0. The number of allylic oxidation sites excluding steroid dienone is 2. The molecule has 2 saturated carbocycles. The molecule has 4 aliphatic carbocycles. The number of benzene rings is 1. The molecule has 0 unspecified atom stereocenters. The summed E-state index contributed by atoms with van der Waals surface area (Å²) in [6.45, 7) is 3.63. The highest BCUT2D eigenvalue weighted by atomic mass is 16.5. The Morgan fingerprint density at radius 1 is 1.04 bits per heavy atom. The van der Waals surface area contributed by atoms with Crippen molar-refractivity contribution in [3.05, 3.63) is 41.5 Å². The summed E-state index contributed by atoms with van der Waals surface area (Å²) < 4.78 is 5.36. The summed E-state index contributed by atoms with van der Waals surface area (Å²) >= 11 is 0. The quantitative estimate of drug-likeness (QED) is 0.363. The predicted molar refractivity (Wildman–Crippen MR) is 93.0 cm³/mol. The van der Waals surface area contributed by atoms with E-state index in [1.165, 1.54) is 0 Å². The Bertz CT molecular complexity index is 837. The van der Waals surface area contributed by atoms with Gasteiger partial charge >= 0.3 is 5.97 Å². The average Bonchev–Trinajstić information content (AvgIpc) is 3.39. The molecule has 6 rings (SSSR count). The van der Waals surface area contributed by atoms with Crippen molar-refractivity contribution in [2.75, 3.05) is 6.54 Å². The number of likely N-dealkylation sites (tertiary alicyclic amines) is 1. The maximum atomic E-state index is 12.9. The Morgan fingerprint density at radius 2 is 1.65 bits per heavy atom. The van der Waals surface area contributed by atoms with Crippen molar-refractivity contribution in [1.29, 1.82) is 0 Å². The Labute approximate surface area is 152 Å². The van der Waals surface area contributed by atoms with E-state index in [1.54, 1.807) is 12.1 Å². The zero-order chi connectivity index (χ0) is 18.2. The number of carbonyl (C=O) groups excluding carboxylic acids is 3. The molecule has 0 spiro atoms. The van der Waals surface area contributed by atoms with Gasteiger partial charge in [-0.15, -0.1) is 0 Å². The van der Waals surface area contributed by atoms with Crippen LogP contribution < -0.4 is 4.74 Å². The zero-order valence-electron chi connectivity index (χ0n) is 14.8. The lowest BCUT2D eigenvalue weighted by atomic mass is 9.63. The third-order valence-electron chi connectivity index (χ3n) is 6.75. The van der Waals surface area contributed by atoms with Gasteiger partial charge in [0.2, 0.25) is 11.8 Å². The number of esters is 1. The lowest BCUT2D eigenvalue weighted by molar-refractivity contribution is -0.148. The Kier molecular flexibility index (Phi) is 3.21. The van der Waals surface area contributed by atoms with E-state index in [9.17, 15) is 14.4 Å². The molecule has 134 valence electrons. The van der Waals surface area contributed by atoms with Gasteiger partial charge in [-0.2, -0.15) is 0 Å². The molecule has 1 heterocycles. The van der Waals surface area contributed by atoms with Crippen LogP contribution in [0.4, 0.5) is 0 Å². The van der Waals surface area contributed by atoms with E-state index < -0.39 is 5.97 Å². The number of amides is 2. The van der Waals surface area contributed by atoms with Crippen molar-refractivity contribution >= 4 is 17.8 Å². The second kappa shape index (κ2) is 5.29. The van der Waals surface area contributed by atoms with Crippen LogP contribution in [-0.4, -0.2) is 29.2 Å². The first-order valence-electron chi connectivity index (χ1n) is 9.27. The summed E-state index contributed by atoms with van der Waals surface area (Å²) in [5.74, 6) is 0.418. The van der Waals surface area contributed by atoms with Crippen molar-refractivity contribution in [2.24, 2.45) is 35.5 Å². The van der Waals surface area contributed by atoms with Crippen molar-refractivity contribution in [2.45, 2.75) is 20.3 Å². The van der Waals surface area contributed by atoms with Crippen LogP contribution in [0.3, 0.4) is 0 Å². The molecule has 5 aliphatic rings. The molecule has 5 heteroatoms. The summed E-state index contributed by atoms with van der Waals surface area (Å²) in [4.78, 5) is 39.2. The topological polar surface area (TPSA) is 63.7 Å². The molecule has 1 saturated heterocycles. The highest BCUT2D eigenvalue weighted by Crippen LogP contribution is 2.65. The molecule has 3 fully saturated rings. The SMILES string of the molecule is Cc1ccc(OC(=O)CN2C(=O)[C@@H]3[C@H]4C=C[C@@H]([C@@H]5C[C@@H]45)[C@H]3C2=O)cc1C. The van der Waals surface area contributed by atoms with Crippen LogP contribution in [-0.2, 0) is 14.4 Å². The number of ether oxygens (including phenoxy) is 1. The Morgan fingerprint density at radius 3 is 2.23 bits per heavy atom. The first kappa shape index (κ1) is 15.8. The van der Waals surface area contributed by atoms with Crippen LogP contribution in [0.5, 0.6) is 5.75 Å². The highest BCUT2D eigenvalue weighted by molar-refractivity contribution is 6.08. The minimum absolute atomic E-state index is 0.173. The third kappa shape index (κ3) is 2.12. The second-order valence-electron chi connectivity index (χ2n) is 8.14. The standard InChI is InChI=1S/C21H21NO4/c1-10-3-4-12(7-11(10)2)26-17(23)9-22-20(24)18-13-5-6-14(16-8-15(13)16)19(18)21(22)25/h3-7,13-16,18-19H,8-9H2,1-2H3/t13-,14-,15-,16-,18+,19+/m0/s1. The van der Waals surface area contributed by atoms with Gasteiger partial charge in [0.15, 0.2) is 0 Å². The van der Waals surface area contributed by atoms with Gasteiger partial charge in [-0.25, -0.2) is 4.79 Å². The molecule has 26 heavy (non-hydrogen) atoms. The molecule has 0 aromatic heterocycles. The molecule has 0 N–H and O–H groups in total. The maximum Gasteiger partial charge on any atom is 0.331 e. The molecule has 1 aromatic carbocycles. The van der Waals surface area contributed by atoms with Crippen molar-refractivity contribution in [1.82, 2.24) is 4.90 Å². The molecular weight excluding hydrogens is 330 g/mol. The van der Waals surface area contributed by atoms with E-state index in [2.05, 4.69) is 12.2 Å². The zero-order valence-corrected chi connectivity index (χ0v) is 14.8. The van der Waals surface area contributed by atoms with Crippen LogP contribution in [0.2, 0.25) is 0 Å². The number of nitrogens with zero attached hydrogens (tertiary/aromatic N) is 1. The number of aryl methyl sites for hydroxylation is 2. The first-order valence-corrected chi connectivity index (χ1v) is 9.27. The molecular formula is C21H21NO4. The Hall–Kier alpha value is -2.43. The van der Waals surface area contributed by atoms with Crippen LogP contribution in [0.15, 0.2) is 30.4 Å². The van der Waals surface area contributed by atoms with E-state index in [-0.39, 0.29) is 42.0 Å². The van der Waals surface area contributed by atoms with Gasteiger partial charge in [0.1, 0.15) is 12.3 Å².